The second-order valence-corrected chi connectivity index (χ2v) is 7.80. The highest BCUT2D eigenvalue weighted by Gasteiger charge is 2.31. The van der Waals surface area contributed by atoms with Gasteiger partial charge in [-0.25, -0.2) is 0 Å². The minimum absolute atomic E-state index is 0.154. The number of carbonyl (C=O) groups is 1. The van der Waals surface area contributed by atoms with Crippen LogP contribution in [0, 0.1) is 0 Å². The first-order valence-electron chi connectivity index (χ1n) is 8.21. The first-order chi connectivity index (χ1) is 12.1. The van der Waals surface area contributed by atoms with Crippen molar-refractivity contribution >= 4 is 20.2 Å². The zero-order valence-corrected chi connectivity index (χ0v) is 16.2. The van der Waals surface area contributed by atoms with Gasteiger partial charge in [-0.05, 0) is 17.8 Å². The van der Waals surface area contributed by atoms with E-state index in [0.717, 1.165) is 29.1 Å². The monoisotopic (exact) mass is 360 g/mol. The highest BCUT2D eigenvalue weighted by atomic mass is 31.1. The van der Waals surface area contributed by atoms with Crippen molar-refractivity contribution in [2.45, 2.75) is 25.4 Å². The fraction of sp³-hybridized carbons (Fsp3) is 0.350. The van der Waals surface area contributed by atoms with E-state index >= 15 is 0 Å². The number of hydrogen-bond acceptors (Lipinski definition) is 4. The van der Waals surface area contributed by atoms with Gasteiger partial charge in [0, 0.05) is 23.4 Å². The molecule has 0 aliphatic rings. The molecule has 0 spiro atoms. The largest absolute Gasteiger partial charge is 0.493 e. The van der Waals surface area contributed by atoms with Crippen molar-refractivity contribution in [3.63, 3.8) is 0 Å². The third kappa shape index (κ3) is 4.39. The fourth-order valence-electron chi connectivity index (χ4n) is 2.73. The van der Waals surface area contributed by atoms with Crippen LogP contribution in [0.25, 0.3) is 0 Å². The van der Waals surface area contributed by atoms with Gasteiger partial charge in [0.1, 0.15) is 0 Å². The lowest BCUT2D eigenvalue weighted by atomic mass is 9.96. The van der Waals surface area contributed by atoms with Gasteiger partial charge >= 0.3 is 0 Å². The summed E-state index contributed by atoms with van der Waals surface area (Å²) in [6, 6.07) is 13.7. The van der Waals surface area contributed by atoms with Crippen LogP contribution in [0.2, 0.25) is 0 Å². The average molecular weight is 360 g/mol. The molecule has 2 unspecified atom stereocenters. The second-order valence-electron chi connectivity index (χ2n) is 5.90. The molecule has 2 aromatic rings. The maximum atomic E-state index is 11.4. The molecule has 5 heteroatoms. The summed E-state index contributed by atoms with van der Waals surface area (Å²) in [6.45, 7) is 4.50. The Bertz CT molecular complexity index is 717. The number of carbonyl (C=O) groups excluding carboxylic acids is 1. The Balaban J connectivity index is 2.49. The van der Waals surface area contributed by atoms with Crippen LogP contribution >= 0.6 is 8.58 Å². The number of rotatable bonds is 9. The molecule has 4 nitrogen and oxygen atoms in total. The molecule has 0 aliphatic carbocycles. The van der Waals surface area contributed by atoms with Crippen molar-refractivity contribution in [2.24, 2.45) is 0 Å². The molecular weight excluding hydrogens is 335 g/mol. The maximum Gasteiger partial charge on any atom is 0.188 e. The predicted molar refractivity (Wildman–Crippen MR) is 103 cm³/mol. The highest BCUT2D eigenvalue weighted by Crippen LogP contribution is 2.49. The molecule has 0 aromatic heterocycles. The van der Waals surface area contributed by atoms with Crippen LogP contribution in [0.3, 0.4) is 0 Å². The standard InChI is InChI=1S/C20H25O4P/c1-5-20(2,25-18-12-7-6-9-15(18)13-21)16-10-8-11-17(23-4)19(16)24-14-22-3/h6-13,25H,5,14H2,1-4H3. The van der Waals surface area contributed by atoms with E-state index in [9.17, 15) is 4.79 Å². The maximum absolute atomic E-state index is 11.4. The van der Waals surface area contributed by atoms with E-state index in [2.05, 4.69) is 19.9 Å². The summed E-state index contributed by atoms with van der Waals surface area (Å²) >= 11 is 0. The van der Waals surface area contributed by atoms with Gasteiger partial charge in [0.05, 0.1) is 7.11 Å². The zero-order valence-electron chi connectivity index (χ0n) is 15.2. The summed E-state index contributed by atoms with van der Waals surface area (Å²) in [5.74, 6) is 1.38. The Morgan fingerprint density at radius 2 is 1.88 bits per heavy atom. The van der Waals surface area contributed by atoms with Crippen LogP contribution in [0.5, 0.6) is 11.5 Å². The predicted octanol–water partition coefficient (Wildman–Crippen LogP) is 4.12. The Morgan fingerprint density at radius 1 is 1.12 bits per heavy atom. The Kier molecular flexibility index (Phi) is 6.98. The minimum atomic E-state index is -0.184. The SMILES string of the molecule is CCC(C)(Pc1ccccc1C=O)c1cccc(OC)c1OCOC. The van der Waals surface area contributed by atoms with Crippen molar-refractivity contribution in [1.29, 1.82) is 0 Å². The highest BCUT2D eigenvalue weighted by molar-refractivity contribution is 7.48. The van der Waals surface area contributed by atoms with Crippen LogP contribution in [0.1, 0.15) is 36.2 Å². The molecule has 25 heavy (non-hydrogen) atoms. The molecule has 2 rings (SSSR count). The molecule has 0 amide bonds. The van der Waals surface area contributed by atoms with Crippen molar-refractivity contribution < 1.29 is 19.0 Å². The lowest BCUT2D eigenvalue weighted by Crippen LogP contribution is -2.21. The number of benzene rings is 2. The molecule has 0 radical (unpaired) electrons. The van der Waals surface area contributed by atoms with Gasteiger partial charge in [0.2, 0.25) is 0 Å². The van der Waals surface area contributed by atoms with Gasteiger partial charge in [0.25, 0.3) is 0 Å². The zero-order chi connectivity index (χ0) is 18.3. The van der Waals surface area contributed by atoms with Gasteiger partial charge in [-0.2, -0.15) is 0 Å². The van der Waals surface area contributed by atoms with E-state index in [-0.39, 0.29) is 11.9 Å². The molecule has 2 atom stereocenters. The van der Waals surface area contributed by atoms with Crippen LogP contribution < -0.4 is 14.8 Å². The topological polar surface area (TPSA) is 44.8 Å². The number of hydrogen-bond donors (Lipinski definition) is 0. The molecule has 134 valence electrons. The second kappa shape index (κ2) is 8.98. The van der Waals surface area contributed by atoms with Crippen molar-refractivity contribution in [3.05, 3.63) is 53.6 Å². The number of ether oxygens (including phenoxy) is 3. The summed E-state index contributed by atoms with van der Waals surface area (Å²) in [5.41, 5.74) is 1.80. The third-order valence-corrected chi connectivity index (χ3v) is 6.22. The lowest BCUT2D eigenvalue weighted by Gasteiger charge is -2.32. The van der Waals surface area contributed by atoms with Gasteiger partial charge in [-0.3, -0.25) is 4.79 Å². The Morgan fingerprint density at radius 3 is 2.52 bits per heavy atom. The van der Waals surface area contributed by atoms with Crippen LogP contribution in [-0.4, -0.2) is 27.3 Å². The summed E-state index contributed by atoms with van der Waals surface area (Å²) in [5, 5.41) is 0.874. The summed E-state index contributed by atoms with van der Waals surface area (Å²) in [7, 11) is 3.65. The van der Waals surface area contributed by atoms with Crippen molar-refractivity contribution in [2.75, 3.05) is 21.0 Å². The van der Waals surface area contributed by atoms with Gasteiger partial charge in [-0.1, -0.05) is 58.8 Å². The molecular formula is C20H25O4P. The van der Waals surface area contributed by atoms with Crippen molar-refractivity contribution in [3.8, 4) is 11.5 Å². The van der Waals surface area contributed by atoms with Crippen molar-refractivity contribution in [1.82, 2.24) is 0 Å². The fourth-order valence-corrected chi connectivity index (χ4v) is 4.30. The molecule has 0 N–H and O–H groups in total. The molecule has 0 bridgehead atoms. The third-order valence-electron chi connectivity index (χ3n) is 4.32. The average Bonchev–Trinajstić information content (AvgIpc) is 2.66. The van der Waals surface area contributed by atoms with E-state index < -0.39 is 0 Å². The Hall–Kier alpha value is -1.90. The van der Waals surface area contributed by atoms with Gasteiger partial charge in [-0.15, -0.1) is 0 Å². The quantitative estimate of drug-likeness (QED) is 0.383. The minimum Gasteiger partial charge on any atom is -0.493 e. The Labute approximate surface area is 151 Å². The smallest absolute Gasteiger partial charge is 0.188 e. The first-order valence-corrected chi connectivity index (χ1v) is 9.21. The molecule has 0 heterocycles. The van der Waals surface area contributed by atoms with Gasteiger partial charge in [0.15, 0.2) is 24.6 Å². The van der Waals surface area contributed by atoms with E-state index in [1.54, 1.807) is 14.2 Å². The molecule has 0 aliphatic heterocycles. The van der Waals surface area contributed by atoms with Crippen LogP contribution in [-0.2, 0) is 9.89 Å². The van der Waals surface area contributed by atoms with Gasteiger partial charge < -0.3 is 14.2 Å². The molecule has 0 fully saturated rings. The first kappa shape index (κ1) is 19.4. The van der Waals surface area contributed by atoms with E-state index in [1.165, 1.54) is 0 Å². The van der Waals surface area contributed by atoms with Crippen LogP contribution in [0.4, 0.5) is 0 Å². The molecule has 0 saturated heterocycles. The summed E-state index contributed by atoms with van der Waals surface area (Å²) in [4.78, 5) is 11.4. The van der Waals surface area contributed by atoms with E-state index in [4.69, 9.17) is 14.2 Å². The normalized spacial score (nSPS) is 13.6. The lowest BCUT2D eigenvalue weighted by molar-refractivity contribution is 0.0480. The molecule has 0 saturated carbocycles. The summed E-state index contributed by atoms with van der Waals surface area (Å²) < 4.78 is 16.4. The summed E-state index contributed by atoms with van der Waals surface area (Å²) in [6.07, 6.45) is 1.82. The number of methoxy groups -OCH3 is 2. The van der Waals surface area contributed by atoms with E-state index in [1.807, 2.05) is 36.4 Å². The molecule has 2 aromatic carbocycles. The number of para-hydroxylation sites is 1. The van der Waals surface area contributed by atoms with E-state index in [0.29, 0.717) is 20.1 Å². The number of aldehydes is 1. The van der Waals surface area contributed by atoms with Crippen LogP contribution in [0.15, 0.2) is 42.5 Å².